The molecule has 0 saturated heterocycles. The molecule has 142 valence electrons. The van der Waals surface area contributed by atoms with Gasteiger partial charge in [-0.2, -0.15) is 10.4 Å². The van der Waals surface area contributed by atoms with Gasteiger partial charge in [0.1, 0.15) is 5.75 Å². The van der Waals surface area contributed by atoms with Crippen LogP contribution < -0.4 is 9.64 Å². The Kier molecular flexibility index (Phi) is 5.80. The van der Waals surface area contributed by atoms with Crippen LogP contribution in [-0.2, 0) is 24.2 Å². The van der Waals surface area contributed by atoms with Crippen molar-refractivity contribution in [1.82, 2.24) is 9.78 Å². The molecule has 0 saturated carbocycles. The van der Waals surface area contributed by atoms with Crippen molar-refractivity contribution in [2.45, 2.75) is 52.5 Å². The van der Waals surface area contributed by atoms with Crippen molar-refractivity contribution >= 4 is 11.6 Å². The fourth-order valence-electron chi connectivity index (χ4n) is 3.80. The Labute approximate surface area is 160 Å². The van der Waals surface area contributed by atoms with Crippen LogP contribution in [0, 0.1) is 25.2 Å². The largest absolute Gasteiger partial charge is 0.497 e. The van der Waals surface area contributed by atoms with Gasteiger partial charge in [-0.25, -0.2) is 0 Å². The van der Waals surface area contributed by atoms with Gasteiger partial charge < -0.3 is 9.64 Å². The van der Waals surface area contributed by atoms with E-state index in [9.17, 15) is 4.79 Å². The average molecular weight is 366 g/mol. The maximum Gasteiger partial charge on any atom is 0.227 e. The van der Waals surface area contributed by atoms with E-state index in [2.05, 4.69) is 11.2 Å². The molecule has 0 N–H and O–H groups in total. The molecule has 6 nitrogen and oxygen atoms in total. The number of aromatic nitrogens is 2. The van der Waals surface area contributed by atoms with E-state index >= 15 is 0 Å². The minimum absolute atomic E-state index is 0.143. The number of nitriles is 1. The molecule has 0 atom stereocenters. The number of ether oxygens (including phenoxy) is 1. The Morgan fingerprint density at radius 1 is 1.37 bits per heavy atom. The van der Waals surface area contributed by atoms with Crippen molar-refractivity contribution in [2.75, 3.05) is 18.6 Å². The van der Waals surface area contributed by atoms with Crippen LogP contribution in [0.5, 0.6) is 5.75 Å². The van der Waals surface area contributed by atoms with Crippen LogP contribution in [0.15, 0.2) is 18.2 Å². The number of nitrogens with zero attached hydrogens (tertiary/aromatic N) is 4. The highest BCUT2D eigenvalue weighted by molar-refractivity contribution is 5.94. The Morgan fingerprint density at radius 3 is 2.93 bits per heavy atom. The quantitative estimate of drug-likeness (QED) is 0.786. The Balaban J connectivity index is 1.71. The average Bonchev–Trinajstić information content (AvgIpc) is 2.96. The molecule has 0 aliphatic carbocycles. The predicted octanol–water partition coefficient (Wildman–Crippen LogP) is 3.33. The van der Waals surface area contributed by atoms with Crippen LogP contribution in [0.2, 0.25) is 0 Å². The molecule has 1 aromatic carbocycles. The summed E-state index contributed by atoms with van der Waals surface area (Å²) in [6.07, 6.45) is 3.51. The molecular formula is C21H26N4O2. The molecule has 0 radical (unpaired) electrons. The second-order valence-electron chi connectivity index (χ2n) is 6.92. The molecule has 1 amide bonds. The van der Waals surface area contributed by atoms with Crippen molar-refractivity contribution in [3.63, 3.8) is 0 Å². The fraction of sp³-hybridized carbons (Fsp3) is 0.476. The summed E-state index contributed by atoms with van der Waals surface area (Å²) in [5.74, 6) is 0.976. The second kappa shape index (κ2) is 8.26. The normalized spacial score (nSPS) is 13.2. The van der Waals surface area contributed by atoms with Crippen LogP contribution in [-0.4, -0.2) is 29.3 Å². The van der Waals surface area contributed by atoms with Gasteiger partial charge in [-0.3, -0.25) is 9.48 Å². The highest BCUT2D eigenvalue weighted by Gasteiger charge is 2.23. The molecule has 0 bridgehead atoms. The van der Waals surface area contributed by atoms with Gasteiger partial charge in [-0.1, -0.05) is 0 Å². The van der Waals surface area contributed by atoms with Crippen LogP contribution in [0.1, 0.15) is 41.8 Å². The van der Waals surface area contributed by atoms with Crippen molar-refractivity contribution in [2.24, 2.45) is 0 Å². The van der Waals surface area contributed by atoms with Crippen LogP contribution in [0.3, 0.4) is 0 Å². The lowest BCUT2D eigenvalue weighted by atomic mass is 10.00. The first kappa shape index (κ1) is 19.0. The fourth-order valence-corrected chi connectivity index (χ4v) is 3.80. The third-order valence-corrected chi connectivity index (χ3v) is 5.26. The van der Waals surface area contributed by atoms with Crippen molar-refractivity contribution in [3.8, 4) is 11.8 Å². The number of methoxy groups -OCH3 is 1. The summed E-state index contributed by atoms with van der Waals surface area (Å²) in [6.45, 7) is 5.34. The Bertz CT molecular complexity index is 879. The summed E-state index contributed by atoms with van der Waals surface area (Å²) in [5, 5.41) is 13.3. The number of hydrogen-bond donors (Lipinski definition) is 0. The minimum Gasteiger partial charge on any atom is -0.497 e. The first-order valence-corrected chi connectivity index (χ1v) is 9.42. The van der Waals surface area contributed by atoms with Gasteiger partial charge in [0, 0.05) is 24.3 Å². The number of fused-ring (bicyclic) bond motifs is 1. The van der Waals surface area contributed by atoms with Gasteiger partial charge in [0.05, 0.1) is 31.8 Å². The van der Waals surface area contributed by atoms with E-state index in [0.29, 0.717) is 25.8 Å². The van der Waals surface area contributed by atoms with E-state index in [1.165, 1.54) is 5.56 Å². The molecule has 1 aliphatic heterocycles. The molecule has 0 fully saturated rings. The molecule has 2 aromatic rings. The lowest BCUT2D eigenvalue weighted by Crippen LogP contribution is -2.35. The van der Waals surface area contributed by atoms with Gasteiger partial charge in [-0.15, -0.1) is 0 Å². The number of anilines is 1. The summed E-state index contributed by atoms with van der Waals surface area (Å²) in [5.41, 5.74) is 5.30. The molecule has 2 heterocycles. The maximum absolute atomic E-state index is 12.9. The third-order valence-electron chi connectivity index (χ3n) is 5.26. The maximum atomic E-state index is 12.9. The Morgan fingerprint density at radius 2 is 2.19 bits per heavy atom. The molecule has 0 unspecified atom stereocenters. The topological polar surface area (TPSA) is 71.2 Å². The standard InChI is InChI=1S/C21H26N4O2/c1-15-19(16(2)25(23-15)13-5-11-22)8-10-21(26)24-12-4-6-17-14-18(27-3)7-9-20(17)24/h7,9,14H,4-6,8,10,12-13H2,1-3H3. The summed E-state index contributed by atoms with van der Waals surface area (Å²) in [6, 6.07) is 8.08. The number of carbonyl (C=O) groups is 1. The number of carbonyl (C=O) groups excluding carboxylic acids is 1. The zero-order valence-corrected chi connectivity index (χ0v) is 16.3. The summed E-state index contributed by atoms with van der Waals surface area (Å²) in [7, 11) is 1.66. The minimum atomic E-state index is 0.143. The van der Waals surface area contributed by atoms with E-state index in [1.54, 1.807) is 7.11 Å². The molecule has 1 aliphatic rings. The predicted molar refractivity (Wildman–Crippen MR) is 104 cm³/mol. The first-order chi connectivity index (χ1) is 13.0. The number of rotatable bonds is 6. The molecule has 6 heteroatoms. The van der Waals surface area contributed by atoms with Gasteiger partial charge in [-0.05, 0) is 62.4 Å². The highest BCUT2D eigenvalue weighted by atomic mass is 16.5. The zero-order valence-electron chi connectivity index (χ0n) is 16.3. The van der Waals surface area contributed by atoms with Gasteiger partial charge >= 0.3 is 0 Å². The van der Waals surface area contributed by atoms with E-state index in [-0.39, 0.29) is 5.91 Å². The Hall–Kier alpha value is -2.81. The van der Waals surface area contributed by atoms with E-state index in [1.807, 2.05) is 41.6 Å². The lowest BCUT2D eigenvalue weighted by Gasteiger charge is -2.30. The van der Waals surface area contributed by atoms with E-state index < -0.39 is 0 Å². The molecule has 1 aromatic heterocycles. The molecule has 3 rings (SSSR count). The number of benzene rings is 1. The molecular weight excluding hydrogens is 340 g/mol. The summed E-state index contributed by atoms with van der Waals surface area (Å²) >= 11 is 0. The first-order valence-electron chi connectivity index (χ1n) is 9.42. The number of amides is 1. The van der Waals surface area contributed by atoms with Crippen LogP contribution in [0.4, 0.5) is 5.69 Å². The van der Waals surface area contributed by atoms with Crippen molar-refractivity contribution < 1.29 is 9.53 Å². The van der Waals surface area contributed by atoms with Crippen LogP contribution >= 0.6 is 0 Å². The monoisotopic (exact) mass is 366 g/mol. The van der Waals surface area contributed by atoms with Gasteiger partial charge in [0.2, 0.25) is 5.91 Å². The zero-order chi connectivity index (χ0) is 19.4. The van der Waals surface area contributed by atoms with Gasteiger partial charge in [0.25, 0.3) is 0 Å². The second-order valence-corrected chi connectivity index (χ2v) is 6.92. The van der Waals surface area contributed by atoms with E-state index in [4.69, 9.17) is 10.00 Å². The molecule has 27 heavy (non-hydrogen) atoms. The SMILES string of the molecule is COc1ccc2c(c1)CCCN2C(=O)CCc1c(C)nn(CCC#N)c1C. The summed E-state index contributed by atoms with van der Waals surface area (Å²) in [4.78, 5) is 14.8. The number of aryl methyl sites for hydroxylation is 3. The lowest BCUT2D eigenvalue weighted by molar-refractivity contribution is -0.118. The van der Waals surface area contributed by atoms with Gasteiger partial charge in [0.15, 0.2) is 0 Å². The van der Waals surface area contributed by atoms with Crippen molar-refractivity contribution in [3.05, 3.63) is 40.7 Å². The van der Waals surface area contributed by atoms with E-state index in [0.717, 1.165) is 47.8 Å². The summed E-state index contributed by atoms with van der Waals surface area (Å²) < 4.78 is 7.18. The van der Waals surface area contributed by atoms with Crippen LogP contribution in [0.25, 0.3) is 0 Å². The highest BCUT2D eigenvalue weighted by Crippen LogP contribution is 2.31. The molecule has 0 spiro atoms. The smallest absolute Gasteiger partial charge is 0.227 e. The van der Waals surface area contributed by atoms with Crippen molar-refractivity contribution in [1.29, 1.82) is 5.26 Å². The third kappa shape index (κ3) is 3.97. The number of hydrogen-bond acceptors (Lipinski definition) is 4.